The highest BCUT2D eigenvalue weighted by Crippen LogP contribution is 2.27. The van der Waals surface area contributed by atoms with E-state index >= 15 is 0 Å². The highest BCUT2D eigenvalue weighted by molar-refractivity contribution is 6.35. The maximum absolute atomic E-state index is 12.9. The Bertz CT molecular complexity index is 797. The third-order valence-corrected chi connectivity index (χ3v) is 5.05. The molecule has 2 aromatic carbocycles. The van der Waals surface area contributed by atoms with Crippen molar-refractivity contribution in [1.29, 1.82) is 0 Å². The van der Waals surface area contributed by atoms with Crippen molar-refractivity contribution in [2.45, 2.75) is 0 Å². The molecule has 1 heterocycles. The number of carbonyl (C=O) groups excluding carboxylic acids is 1. The summed E-state index contributed by atoms with van der Waals surface area (Å²) in [5, 5.41) is 3.87. The van der Waals surface area contributed by atoms with Crippen LogP contribution in [0.25, 0.3) is 0 Å². The molecule has 0 aliphatic carbocycles. The number of halogens is 3. The van der Waals surface area contributed by atoms with Gasteiger partial charge in [0.05, 0.1) is 11.6 Å². The third kappa shape index (κ3) is 6.34. The number of ether oxygens (including phenoxy) is 1. The van der Waals surface area contributed by atoms with Gasteiger partial charge < -0.3 is 10.1 Å². The lowest BCUT2D eigenvalue weighted by molar-refractivity contribution is -0.117. The average molecular weight is 426 g/mol. The molecule has 0 atom stereocenters. The van der Waals surface area contributed by atoms with Gasteiger partial charge in [0.15, 0.2) is 0 Å². The van der Waals surface area contributed by atoms with Gasteiger partial charge in [0.2, 0.25) is 5.91 Å². The second-order valence-electron chi connectivity index (χ2n) is 6.60. The van der Waals surface area contributed by atoms with Gasteiger partial charge in [-0.25, -0.2) is 4.39 Å². The van der Waals surface area contributed by atoms with Crippen molar-refractivity contribution < 1.29 is 13.9 Å². The monoisotopic (exact) mass is 425 g/mol. The van der Waals surface area contributed by atoms with Crippen LogP contribution >= 0.6 is 23.2 Å². The summed E-state index contributed by atoms with van der Waals surface area (Å²) in [6.45, 7) is 4.98. The second kappa shape index (κ2) is 10.1. The molecule has 1 aliphatic rings. The van der Waals surface area contributed by atoms with Gasteiger partial charge in [0, 0.05) is 43.4 Å². The summed E-state index contributed by atoms with van der Waals surface area (Å²) < 4.78 is 18.6. The van der Waals surface area contributed by atoms with Crippen LogP contribution in [0.1, 0.15) is 0 Å². The lowest BCUT2D eigenvalue weighted by Gasteiger charge is -2.34. The fourth-order valence-electron chi connectivity index (χ4n) is 2.98. The number of hydrogen-bond acceptors (Lipinski definition) is 4. The Morgan fingerprint density at radius 2 is 1.71 bits per heavy atom. The van der Waals surface area contributed by atoms with E-state index in [-0.39, 0.29) is 11.7 Å². The first-order valence-corrected chi connectivity index (χ1v) is 9.83. The van der Waals surface area contributed by atoms with Crippen LogP contribution in [0, 0.1) is 5.82 Å². The van der Waals surface area contributed by atoms with Gasteiger partial charge >= 0.3 is 0 Å². The normalized spacial score (nSPS) is 15.4. The van der Waals surface area contributed by atoms with Crippen molar-refractivity contribution >= 4 is 34.8 Å². The standard InChI is InChI=1S/C20H22Cl2FN3O2/c21-15-1-6-19(18(22)13-15)28-12-11-25-7-9-26(10-8-25)14-20(27)24-17-4-2-16(23)3-5-17/h1-6,13H,7-12,14H2,(H,24,27). The first-order chi connectivity index (χ1) is 13.5. The smallest absolute Gasteiger partial charge is 0.238 e. The highest BCUT2D eigenvalue weighted by atomic mass is 35.5. The van der Waals surface area contributed by atoms with E-state index in [0.29, 0.717) is 34.6 Å². The van der Waals surface area contributed by atoms with Crippen LogP contribution in [0.4, 0.5) is 10.1 Å². The number of rotatable bonds is 7. The van der Waals surface area contributed by atoms with Crippen molar-refractivity contribution in [3.63, 3.8) is 0 Å². The van der Waals surface area contributed by atoms with Crippen molar-refractivity contribution in [2.75, 3.05) is 51.2 Å². The third-order valence-electron chi connectivity index (χ3n) is 4.52. The Balaban J connectivity index is 1.35. The molecule has 1 aliphatic heterocycles. The van der Waals surface area contributed by atoms with Crippen LogP contribution in [0.5, 0.6) is 5.75 Å². The fraction of sp³-hybridized carbons (Fsp3) is 0.350. The molecule has 1 N–H and O–H groups in total. The molecule has 0 unspecified atom stereocenters. The van der Waals surface area contributed by atoms with E-state index in [9.17, 15) is 9.18 Å². The van der Waals surface area contributed by atoms with Gasteiger partial charge in [0.25, 0.3) is 0 Å². The van der Waals surface area contributed by atoms with E-state index in [4.69, 9.17) is 27.9 Å². The number of carbonyl (C=O) groups is 1. The SMILES string of the molecule is O=C(CN1CCN(CCOc2ccc(Cl)cc2Cl)CC1)Nc1ccc(F)cc1. The molecule has 1 fully saturated rings. The summed E-state index contributed by atoms with van der Waals surface area (Å²) in [5.74, 6) is 0.208. The minimum atomic E-state index is -0.323. The average Bonchev–Trinajstić information content (AvgIpc) is 2.67. The number of amides is 1. The lowest BCUT2D eigenvalue weighted by atomic mass is 10.3. The molecular weight excluding hydrogens is 404 g/mol. The van der Waals surface area contributed by atoms with E-state index in [1.165, 1.54) is 12.1 Å². The molecular formula is C20H22Cl2FN3O2. The van der Waals surface area contributed by atoms with Crippen LogP contribution < -0.4 is 10.1 Å². The molecule has 2 aromatic rings. The summed E-state index contributed by atoms with van der Waals surface area (Å²) in [6, 6.07) is 10.9. The summed E-state index contributed by atoms with van der Waals surface area (Å²) in [5.41, 5.74) is 0.600. The number of nitrogens with one attached hydrogen (secondary N) is 1. The molecule has 0 aromatic heterocycles. The molecule has 1 saturated heterocycles. The number of nitrogens with zero attached hydrogens (tertiary/aromatic N) is 2. The molecule has 5 nitrogen and oxygen atoms in total. The molecule has 0 saturated carbocycles. The first kappa shape index (κ1) is 20.9. The highest BCUT2D eigenvalue weighted by Gasteiger charge is 2.19. The van der Waals surface area contributed by atoms with Crippen LogP contribution in [0.2, 0.25) is 10.0 Å². The number of anilines is 1. The molecule has 1 amide bonds. The zero-order chi connectivity index (χ0) is 19.9. The minimum Gasteiger partial charge on any atom is -0.491 e. The second-order valence-corrected chi connectivity index (χ2v) is 7.44. The van der Waals surface area contributed by atoms with E-state index in [1.807, 2.05) is 0 Å². The van der Waals surface area contributed by atoms with E-state index in [0.717, 1.165) is 32.7 Å². The number of benzene rings is 2. The Kier molecular flexibility index (Phi) is 7.50. The molecule has 28 heavy (non-hydrogen) atoms. The van der Waals surface area contributed by atoms with Crippen LogP contribution in [0.3, 0.4) is 0 Å². The predicted molar refractivity (Wildman–Crippen MR) is 110 cm³/mol. The van der Waals surface area contributed by atoms with E-state index in [2.05, 4.69) is 15.1 Å². The quantitative estimate of drug-likeness (QED) is 0.733. The zero-order valence-electron chi connectivity index (χ0n) is 15.3. The van der Waals surface area contributed by atoms with Crippen molar-refractivity contribution in [2.24, 2.45) is 0 Å². The molecule has 0 spiro atoms. The number of hydrogen-bond donors (Lipinski definition) is 1. The topological polar surface area (TPSA) is 44.8 Å². The Hall–Kier alpha value is -1.86. The zero-order valence-corrected chi connectivity index (χ0v) is 16.8. The van der Waals surface area contributed by atoms with Crippen LogP contribution in [-0.2, 0) is 4.79 Å². The summed E-state index contributed by atoms with van der Waals surface area (Å²) in [4.78, 5) is 16.5. The van der Waals surface area contributed by atoms with Crippen LogP contribution in [-0.4, -0.2) is 61.6 Å². The minimum absolute atomic E-state index is 0.0965. The largest absolute Gasteiger partial charge is 0.491 e. The summed E-state index contributed by atoms with van der Waals surface area (Å²) in [7, 11) is 0. The molecule has 8 heteroatoms. The summed E-state index contributed by atoms with van der Waals surface area (Å²) in [6.07, 6.45) is 0. The molecule has 150 valence electrons. The van der Waals surface area contributed by atoms with Crippen molar-refractivity contribution in [3.05, 3.63) is 58.3 Å². The van der Waals surface area contributed by atoms with Gasteiger partial charge in [-0.15, -0.1) is 0 Å². The first-order valence-electron chi connectivity index (χ1n) is 9.07. The van der Waals surface area contributed by atoms with Gasteiger partial charge in [-0.3, -0.25) is 14.6 Å². The number of piperazine rings is 1. The Morgan fingerprint density at radius 3 is 2.39 bits per heavy atom. The predicted octanol–water partition coefficient (Wildman–Crippen LogP) is 3.77. The Labute approximate surface area is 174 Å². The molecule has 0 bridgehead atoms. The van der Waals surface area contributed by atoms with Crippen molar-refractivity contribution in [3.8, 4) is 5.75 Å². The molecule has 0 radical (unpaired) electrons. The van der Waals surface area contributed by atoms with Crippen molar-refractivity contribution in [1.82, 2.24) is 9.80 Å². The van der Waals surface area contributed by atoms with Gasteiger partial charge in [-0.2, -0.15) is 0 Å². The van der Waals surface area contributed by atoms with E-state index < -0.39 is 0 Å². The van der Waals surface area contributed by atoms with E-state index in [1.54, 1.807) is 30.3 Å². The maximum atomic E-state index is 12.9. The van der Waals surface area contributed by atoms with Crippen LogP contribution in [0.15, 0.2) is 42.5 Å². The Morgan fingerprint density at radius 1 is 1.04 bits per heavy atom. The van der Waals surface area contributed by atoms with Gasteiger partial charge in [-0.05, 0) is 42.5 Å². The van der Waals surface area contributed by atoms with Gasteiger partial charge in [0.1, 0.15) is 18.2 Å². The maximum Gasteiger partial charge on any atom is 0.238 e. The fourth-order valence-corrected chi connectivity index (χ4v) is 3.45. The lowest BCUT2D eigenvalue weighted by Crippen LogP contribution is -2.49. The molecule has 3 rings (SSSR count). The summed E-state index contributed by atoms with van der Waals surface area (Å²) >= 11 is 12.0. The van der Waals surface area contributed by atoms with Gasteiger partial charge in [-0.1, -0.05) is 23.2 Å².